The van der Waals surface area contributed by atoms with E-state index in [9.17, 15) is 9.59 Å². The highest BCUT2D eigenvalue weighted by molar-refractivity contribution is 14.0. The standard InChI is InChI=1S/C18H32N4O3.HI/c1-4-19-18(22-11-7-16(8-12-22)17(24)25-3)20-13-15-5-9-21(10-6-15)14(2)23;/h15-16H,4-13H2,1-3H3,(H,19,20);1H. The number of hydrogen-bond donors (Lipinski definition) is 1. The molecule has 0 atom stereocenters. The summed E-state index contributed by atoms with van der Waals surface area (Å²) in [6.07, 6.45) is 3.67. The van der Waals surface area contributed by atoms with Crippen LogP contribution in [0.4, 0.5) is 0 Å². The molecule has 2 aliphatic rings. The number of guanidine groups is 1. The first-order valence-corrected chi connectivity index (χ1v) is 9.41. The van der Waals surface area contributed by atoms with Crippen molar-refractivity contribution in [3.05, 3.63) is 0 Å². The summed E-state index contributed by atoms with van der Waals surface area (Å²) in [6.45, 7) is 8.68. The maximum Gasteiger partial charge on any atom is 0.308 e. The van der Waals surface area contributed by atoms with E-state index in [-0.39, 0.29) is 41.8 Å². The van der Waals surface area contributed by atoms with Crippen LogP contribution in [0.2, 0.25) is 0 Å². The number of likely N-dealkylation sites (tertiary alicyclic amines) is 2. The van der Waals surface area contributed by atoms with Gasteiger partial charge in [0.2, 0.25) is 5.91 Å². The number of carbonyl (C=O) groups excluding carboxylic acids is 2. The Hall–Kier alpha value is -1.06. The number of methoxy groups -OCH3 is 1. The van der Waals surface area contributed by atoms with Crippen LogP contribution in [0, 0.1) is 11.8 Å². The van der Waals surface area contributed by atoms with Crippen molar-refractivity contribution < 1.29 is 14.3 Å². The van der Waals surface area contributed by atoms with Crippen LogP contribution in [-0.2, 0) is 14.3 Å². The van der Waals surface area contributed by atoms with Crippen molar-refractivity contribution in [3.8, 4) is 0 Å². The molecular weight excluding hydrogens is 447 g/mol. The number of amides is 1. The number of nitrogens with one attached hydrogen (secondary N) is 1. The Labute approximate surface area is 173 Å². The van der Waals surface area contributed by atoms with E-state index in [4.69, 9.17) is 9.73 Å². The second-order valence-electron chi connectivity index (χ2n) is 6.93. The highest BCUT2D eigenvalue weighted by Gasteiger charge is 2.27. The molecule has 2 saturated heterocycles. The van der Waals surface area contributed by atoms with Crippen LogP contribution in [0.15, 0.2) is 4.99 Å². The van der Waals surface area contributed by atoms with Crippen molar-refractivity contribution >= 4 is 41.8 Å². The minimum absolute atomic E-state index is 0. The van der Waals surface area contributed by atoms with E-state index in [1.54, 1.807) is 6.92 Å². The first kappa shape index (κ1) is 23.0. The highest BCUT2D eigenvalue weighted by atomic mass is 127. The van der Waals surface area contributed by atoms with Gasteiger partial charge in [-0.3, -0.25) is 14.6 Å². The molecular formula is C18H33IN4O3. The molecule has 0 radical (unpaired) electrons. The van der Waals surface area contributed by atoms with Crippen LogP contribution in [0.5, 0.6) is 0 Å². The molecule has 0 unspecified atom stereocenters. The zero-order valence-electron chi connectivity index (χ0n) is 16.2. The van der Waals surface area contributed by atoms with Gasteiger partial charge in [0.15, 0.2) is 5.96 Å². The van der Waals surface area contributed by atoms with Crippen LogP contribution in [0.1, 0.15) is 39.5 Å². The summed E-state index contributed by atoms with van der Waals surface area (Å²) >= 11 is 0. The van der Waals surface area contributed by atoms with Gasteiger partial charge in [0.1, 0.15) is 0 Å². The van der Waals surface area contributed by atoms with Crippen molar-refractivity contribution in [3.63, 3.8) is 0 Å². The maximum atomic E-state index is 11.7. The van der Waals surface area contributed by atoms with Crippen LogP contribution in [0.25, 0.3) is 0 Å². The zero-order valence-corrected chi connectivity index (χ0v) is 18.5. The molecule has 1 N–H and O–H groups in total. The number of ether oxygens (including phenoxy) is 1. The summed E-state index contributed by atoms with van der Waals surface area (Å²) in [4.78, 5) is 32.1. The summed E-state index contributed by atoms with van der Waals surface area (Å²) in [5.74, 6) is 1.57. The van der Waals surface area contributed by atoms with Crippen molar-refractivity contribution in [2.75, 3.05) is 46.4 Å². The Morgan fingerprint density at radius 2 is 1.65 bits per heavy atom. The van der Waals surface area contributed by atoms with Gasteiger partial charge in [-0.25, -0.2) is 0 Å². The van der Waals surface area contributed by atoms with Crippen LogP contribution in [-0.4, -0.2) is 74.0 Å². The lowest BCUT2D eigenvalue weighted by Crippen LogP contribution is -2.47. The topological polar surface area (TPSA) is 74.2 Å². The van der Waals surface area contributed by atoms with Crippen molar-refractivity contribution in [2.24, 2.45) is 16.8 Å². The Kier molecular flexibility index (Phi) is 10.3. The van der Waals surface area contributed by atoms with E-state index < -0.39 is 0 Å². The molecule has 0 saturated carbocycles. The quantitative estimate of drug-likeness (QED) is 0.287. The molecule has 2 rings (SSSR count). The van der Waals surface area contributed by atoms with Gasteiger partial charge in [-0.15, -0.1) is 24.0 Å². The summed E-state index contributed by atoms with van der Waals surface area (Å²) in [5.41, 5.74) is 0. The molecule has 0 aromatic carbocycles. The minimum atomic E-state index is -0.0983. The average molecular weight is 480 g/mol. The zero-order chi connectivity index (χ0) is 18.2. The third-order valence-corrected chi connectivity index (χ3v) is 5.22. The average Bonchev–Trinajstić information content (AvgIpc) is 2.65. The first-order chi connectivity index (χ1) is 12.0. The SMILES string of the molecule is CCNC(=NCC1CCN(C(C)=O)CC1)N1CCC(C(=O)OC)CC1.I. The van der Waals surface area contributed by atoms with Crippen molar-refractivity contribution in [2.45, 2.75) is 39.5 Å². The van der Waals surface area contributed by atoms with Gasteiger partial charge in [0.05, 0.1) is 13.0 Å². The lowest BCUT2D eigenvalue weighted by molar-refractivity contribution is -0.146. The van der Waals surface area contributed by atoms with Gasteiger partial charge in [-0.2, -0.15) is 0 Å². The van der Waals surface area contributed by atoms with E-state index in [0.29, 0.717) is 5.92 Å². The number of nitrogens with zero attached hydrogens (tertiary/aromatic N) is 3. The van der Waals surface area contributed by atoms with Gasteiger partial charge in [0.25, 0.3) is 0 Å². The lowest BCUT2D eigenvalue weighted by Gasteiger charge is -2.34. The number of aliphatic imine (C=N–C) groups is 1. The molecule has 0 spiro atoms. The summed E-state index contributed by atoms with van der Waals surface area (Å²) in [7, 11) is 1.46. The van der Waals surface area contributed by atoms with Crippen molar-refractivity contribution in [1.82, 2.24) is 15.1 Å². The van der Waals surface area contributed by atoms with E-state index in [2.05, 4.69) is 17.1 Å². The second kappa shape index (κ2) is 11.6. The normalized spacial score (nSPS) is 19.7. The number of piperidine rings is 2. The van der Waals surface area contributed by atoms with Gasteiger partial charge >= 0.3 is 5.97 Å². The summed E-state index contributed by atoms with van der Waals surface area (Å²) in [5, 5.41) is 3.37. The number of carbonyl (C=O) groups is 2. The highest BCUT2D eigenvalue weighted by Crippen LogP contribution is 2.20. The van der Waals surface area contributed by atoms with E-state index in [1.807, 2.05) is 4.90 Å². The molecule has 7 nitrogen and oxygen atoms in total. The Balaban J connectivity index is 0.00000338. The van der Waals surface area contributed by atoms with Gasteiger partial charge in [0, 0.05) is 46.2 Å². The number of rotatable bonds is 4. The lowest BCUT2D eigenvalue weighted by atomic mass is 9.96. The van der Waals surface area contributed by atoms with Crippen LogP contribution in [0.3, 0.4) is 0 Å². The monoisotopic (exact) mass is 480 g/mol. The van der Waals surface area contributed by atoms with E-state index in [1.165, 1.54) is 7.11 Å². The molecule has 0 aliphatic carbocycles. The summed E-state index contributed by atoms with van der Waals surface area (Å²) in [6, 6.07) is 0. The Morgan fingerprint density at radius 3 is 2.15 bits per heavy atom. The number of esters is 1. The van der Waals surface area contributed by atoms with E-state index in [0.717, 1.165) is 70.9 Å². The molecule has 26 heavy (non-hydrogen) atoms. The third-order valence-electron chi connectivity index (χ3n) is 5.22. The molecule has 0 aromatic rings. The smallest absolute Gasteiger partial charge is 0.308 e. The van der Waals surface area contributed by atoms with Gasteiger partial charge in [-0.1, -0.05) is 0 Å². The van der Waals surface area contributed by atoms with Crippen LogP contribution >= 0.6 is 24.0 Å². The van der Waals surface area contributed by atoms with Crippen LogP contribution < -0.4 is 5.32 Å². The van der Waals surface area contributed by atoms with Gasteiger partial charge in [-0.05, 0) is 38.5 Å². The van der Waals surface area contributed by atoms with Crippen molar-refractivity contribution in [1.29, 1.82) is 0 Å². The molecule has 150 valence electrons. The fraction of sp³-hybridized carbons (Fsp3) is 0.833. The fourth-order valence-corrected chi connectivity index (χ4v) is 3.57. The first-order valence-electron chi connectivity index (χ1n) is 9.41. The minimum Gasteiger partial charge on any atom is -0.469 e. The second-order valence-corrected chi connectivity index (χ2v) is 6.93. The maximum absolute atomic E-state index is 11.7. The Bertz CT molecular complexity index is 485. The fourth-order valence-electron chi connectivity index (χ4n) is 3.57. The predicted molar refractivity (Wildman–Crippen MR) is 113 cm³/mol. The number of halogens is 1. The molecule has 0 aromatic heterocycles. The molecule has 2 aliphatic heterocycles. The third kappa shape index (κ3) is 6.59. The molecule has 0 bridgehead atoms. The predicted octanol–water partition coefficient (Wildman–Crippen LogP) is 1.71. The molecule has 1 amide bonds. The molecule has 2 fully saturated rings. The molecule has 2 heterocycles. The van der Waals surface area contributed by atoms with Gasteiger partial charge < -0.3 is 19.9 Å². The summed E-state index contributed by atoms with van der Waals surface area (Å²) < 4.78 is 4.85. The van der Waals surface area contributed by atoms with E-state index >= 15 is 0 Å². The largest absolute Gasteiger partial charge is 0.469 e. The Morgan fingerprint density at radius 1 is 1.08 bits per heavy atom. The molecule has 8 heteroatoms. The number of hydrogen-bond acceptors (Lipinski definition) is 4.